The first-order chi connectivity index (χ1) is 10.2. The molecule has 1 aliphatic rings. The first-order valence-corrected chi connectivity index (χ1v) is 11.0. The molecule has 0 saturated carbocycles. The van der Waals surface area contributed by atoms with E-state index in [9.17, 15) is 4.79 Å². The highest BCUT2D eigenvalue weighted by molar-refractivity contribution is 6.74. The van der Waals surface area contributed by atoms with Gasteiger partial charge in [0.15, 0.2) is 0 Å². The Kier molecular flexibility index (Phi) is 5.07. The Bertz CT molecular complexity index is 532. The lowest BCUT2D eigenvalue weighted by atomic mass is 10.2. The fraction of sp³-hybridized carbons (Fsp3) is 0.647. The van der Waals surface area contributed by atoms with Gasteiger partial charge < -0.3 is 9.33 Å². The maximum absolute atomic E-state index is 12.4. The molecule has 0 spiro atoms. The Morgan fingerprint density at radius 3 is 2.50 bits per heavy atom. The predicted molar refractivity (Wildman–Crippen MR) is 91.4 cm³/mol. The van der Waals surface area contributed by atoms with Gasteiger partial charge in [-0.1, -0.05) is 26.8 Å². The number of carbonyl (C=O) groups is 1. The number of carbonyl (C=O) groups excluding carboxylic acids is 1. The molecule has 0 aliphatic carbocycles. The number of likely N-dealkylation sites (tertiary alicyclic amines) is 1. The summed E-state index contributed by atoms with van der Waals surface area (Å²) in [7, 11) is -1.79. The number of hydrogen-bond acceptors (Lipinski definition) is 3. The van der Waals surface area contributed by atoms with Crippen LogP contribution in [0.3, 0.4) is 0 Å². The zero-order valence-corrected chi connectivity index (χ0v) is 15.5. The summed E-state index contributed by atoms with van der Waals surface area (Å²) in [6.07, 6.45) is 2.19. The Hall–Kier alpha value is -1.20. The van der Waals surface area contributed by atoms with Crippen LogP contribution in [0.2, 0.25) is 18.1 Å². The van der Waals surface area contributed by atoms with Crippen molar-refractivity contribution in [2.75, 3.05) is 13.1 Å². The molecular weight excluding hydrogens is 292 g/mol. The molecular formula is C17H28N2O2Si-. The number of amides is 1. The first-order valence-electron chi connectivity index (χ1n) is 8.10. The molecule has 0 N–H and O–H groups in total. The Morgan fingerprint density at radius 2 is 1.91 bits per heavy atom. The number of pyridine rings is 1. The van der Waals surface area contributed by atoms with Gasteiger partial charge in [-0.05, 0) is 33.3 Å². The fourth-order valence-corrected chi connectivity index (χ4v) is 3.17. The van der Waals surface area contributed by atoms with Gasteiger partial charge in [0.05, 0.1) is 5.69 Å². The van der Waals surface area contributed by atoms with Crippen molar-refractivity contribution in [3.63, 3.8) is 0 Å². The number of aromatic nitrogens is 1. The van der Waals surface area contributed by atoms with Gasteiger partial charge in [0, 0.05) is 19.7 Å². The average molecular weight is 321 g/mol. The van der Waals surface area contributed by atoms with Crippen molar-refractivity contribution in [1.82, 2.24) is 9.88 Å². The van der Waals surface area contributed by atoms with Crippen LogP contribution < -0.4 is 0 Å². The highest BCUT2D eigenvalue weighted by atomic mass is 28.4. The third kappa shape index (κ3) is 3.96. The third-order valence-corrected chi connectivity index (χ3v) is 9.28. The molecule has 22 heavy (non-hydrogen) atoms. The van der Waals surface area contributed by atoms with E-state index in [1.54, 1.807) is 6.07 Å². The molecule has 1 aliphatic heterocycles. The molecule has 1 aromatic rings. The van der Waals surface area contributed by atoms with Crippen molar-refractivity contribution >= 4 is 14.2 Å². The second-order valence-corrected chi connectivity index (χ2v) is 12.4. The Morgan fingerprint density at radius 1 is 1.27 bits per heavy atom. The molecule has 123 valence electrons. The van der Waals surface area contributed by atoms with Crippen LogP contribution in [-0.2, 0) is 11.0 Å². The minimum atomic E-state index is -1.79. The molecule has 2 rings (SSSR count). The lowest BCUT2D eigenvalue weighted by molar-refractivity contribution is 0.0786. The normalized spacial score (nSPS) is 16.1. The van der Waals surface area contributed by atoms with Crippen molar-refractivity contribution in [2.24, 2.45) is 0 Å². The topological polar surface area (TPSA) is 42.4 Å². The molecule has 0 unspecified atom stereocenters. The van der Waals surface area contributed by atoms with Crippen LogP contribution >= 0.6 is 0 Å². The zero-order chi connectivity index (χ0) is 16.4. The van der Waals surface area contributed by atoms with Crippen LogP contribution in [0, 0.1) is 0 Å². The monoisotopic (exact) mass is 320 g/mol. The summed E-state index contributed by atoms with van der Waals surface area (Å²) in [5.74, 6) is 0.0478. The second kappa shape index (κ2) is 6.50. The van der Waals surface area contributed by atoms with E-state index in [0.717, 1.165) is 31.6 Å². The summed E-state index contributed by atoms with van der Waals surface area (Å²) in [5, 5.41) is 0.177. The molecule has 1 saturated heterocycles. The largest absolute Gasteiger partial charge is 0.560 e. The molecule has 0 aromatic carbocycles. The summed E-state index contributed by atoms with van der Waals surface area (Å²) in [6, 6.07) is 5.64. The van der Waals surface area contributed by atoms with Crippen molar-refractivity contribution in [3.05, 3.63) is 29.6 Å². The van der Waals surface area contributed by atoms with Crippen LogP contribution in [-0.4, -0.2) is 37.2 Å². The summed E-state index contributed by atoms with van der Waals surface area (Å²) >= 11 is 0. The van der Waals surface area contributed by atoms with Gasteiger partial charge in [0.25, 0.3) is 5.91 Å². The minimum Gasteiger partial charge on any atom is -0.560 e. The number of rotatable bonds is 4. The van der Waals surface area contributed by atoms with E-state index in [2.05, 4.69) is 38.8 Å². The van der Waals surface area contributed by atoms with Crippen molar-refractivity contribution in [2.45, 2.75) is 58.4 Å². The Balaban J connectivity index is 2.04. The second-order valence-electron chi connectivity index (χ2n) is 7.56. The third-order valence-electron chi connectivity index (χ3n) is 4.81. The highest BCUT2D eigenvalue weighted by Gasteiger charge is 2.25. The number of hydrogen-bond donors (Lipinski definition) is 0. The molecule has 0 atom stereocenters. The van der Waals surface area contributed by atoms with Crippen molar-refractivity contribution in [3.8, 4) is 0 Å². The average Bonchev–Trinajstić information content (AvgIpc) is 2.98. The maximum Gasteiger partial charge on any atom is 0.272 e. The van der Waals surface area contributed by atoms with E-state index in [0.29, 0.717) is 12.3 Å². The van der Waals surface area contributed by atoms with Crippen LogP contribution in [0.1, 0.15) is 49.8 Å². The number of nitrogens with zero attached hydrogens (tertiary/aromatic N) is 2. The standard InChI is InChI=1S/C17H28N2O2Si/c1-17(2,3)22(4,5)21-13-14-9-8-10-15(18-14)16(20)19-11-6-7-12-19/h8-10H,6-7,11-13H2,1-5H3/q-1. The van der Waals surface area contributed by atoms with E-state index in [-0.39, 0.29) is 10.9 Å². The lowest BCUT2D eigenvalue weighted by Crippen LogP contribution is -2.40. The quantitative estimate of drug-likeness (QED) is 0.792. The fourth-order valence-electron chi connectivity index (χ4n) is 2.23. The van der Waals surface area contributed by atoms with Crippen LogP contribution in [0.15, 0.2) is 18.2 Å². The van der Waals surface area contributed by atoms with Gasteiger partial charge in [-0.15, -0.1) is 18.1 Å². The van der Waals surface area contributed by atoms with E-state index >= 15 is 0 Å². The first kappa shape index (κ1) is 17.2. The van der Waals surface area contributed by atoms with Crippen LogP contribution in [0.25, 0.3) is 0 Å². The SMILES string of the molecule is CC(C)(C)[Si-](C)(C)OCc1cccc(C(=O)N2CCCC2)n1. The van der Waals surface area contributed by atoms with Gasteiger partial charge in [0.2, 0.25) is 0 Å². The van der Waals surface area contributed by atoms with Gasteiger partial charge in [-0.25, -0.2) is 4.98 Å². The van der Waals surface area contributed by atoms with E-state index < -0.39 is 8.32 Å². The van der Waals surface area contributed by atoms with E-state index in [1.165, 1.54) is 0 Å². The summed E-state index contributed by atoms with van der Waals surface area (Å²) in [5.41, 5.74) is 1.38. The highest BCUT2D eigenvalue weighted by Crippen LogP contribution is 2.36. The van der Waals surface area contributed by atoms with Gasteiger partial charge in [0.1, 0.15) is 5.69 Å². The maximum atomic E-state index is 12.4. The van der Waals surface area contributed by atoms with E-state index in [1.807, 2.05) is 17.0 Å². The van der Waals surface area contributed by atoms with Gasteiger partial charge >= 0.3 is 0 Å². The smallest absolute Gasteiger partial charge is 0.272 e. The lowest BCUT2D eigenvalue weighted by Gasteiger charge is -2.48. The van der Waals surface area contributed by atoms with Gasteiger partial charge in [-0.3, -0.25) is 4.79 Å². The summed E-state index contributed by atoms with van der Waals surface area (Å²) in [6.45, 7) is 13.3. The van der Waals surface area contributed by atoms with Crippen LogP contribution in [0.5, 0.6) is 0 Å². The summed E-state index contributed by atoms with van der Waals surface area (Å²) in [4.78, 5) is 18.8. The zero-order valence-electron chi connectivity index (χ0n) is 14.5. The minimum absolute atomic E-state index is 0.0478. The predicted octanol–water partition coefficient (Wildman–Crippen LogP) is 3.84. The molecule has 1 aromatic heterocycles. The molecule has 4 nitrogen and oxygen atoms in total. The van der Waals surface area contributed by atoms with Crippen molar-refractivity contribution in [1.29, 1.82) is 0 Å². The molecule has 0 bridgehead atoms. The van der Waals surface area contributed by atoms with Crippen molar-refractivity contribution < 1.29 is 9.22 Å². The van der Waals surface area contributed by atoms with Gasteiger partial charge in [-0.2, -0.15) is 0 Å². The Labute approximate surface area is 135 Å². The summed E-state index contributed by atoms with van der Waals surface area (Å²) < 4.78 is 6.19. The molecule has 0 radical (unpaired) electrons. The molecule has 1 amide bonds. The van der Waals surface area contributed by atoms with Crippen LogP contribution in [0.4, 0.5) is 0 Å². The van der Waals surface area contributed by atoms with E-state index in [4.69, 9.17) is 4.43 Å². The molecule has 5 heteroatoms. The molecule has 1 fully saturated rings. The molecule has 2 heterocycles.